The van der Waals surface area contributed by atoms with Gasteiger partial charge in [-0.3, -0.25) is 4.79 Å². The van der Waals surface area contributed by atoms with E-state index in [1.807, 2.05) is 18.2 Å². The fourth-order valence-corrected chi connectivity index (χ4v) is 2.98. The third-order valence-corrected chi connectivity index (χ3v) is 4.07. The molecule has 1 fully saturated rings. The van der Waals surface area contributed by atoms with E-state index in [2.05, 4.69) is 31.3 Å². The molecule has 0 aliphatic heterocycles. The number of rotatable bonds is 5. The number of amides is 1. The molecule has 20 heavy (non-hydrogen) atoms. The Balaban J connectivity index is 2.02. The summed E-state index contributed by atoms with van der Waals surface area (Å²) in [6.45, 7) is 4.38. The number of carbonyl (C=O) groups is 1. The van der Waals surface area contributed by atoms with Gasteiger partial charge in [0.1, 0.15) is 0 Å². The van der Waals surface area contributed by atoms with Gasteiger partial charge in [-0.15, -0.1) is 0 Å². The van der Waals surface area contributed by atoms with Crippen LogP contribution in [0.3, 0.4) is 0 Å². The normalized spacial score (nSPS) is 23.8. The molecule has 1 amide bonds. The molecule has 1 aliphatic carbocycles. The molecule has 0 radical (unpaired) electrons. The molecule has 0 aromatic heterocycles. The van der Waals surface area contributed by atoms with Gasteiger partial charge in [0.15, 0.2) is 0 Å². The molecule has 3 heteroatoms. The number of hydrogen-bond donors (Lipinski definition) is 2. The average Bonchev–Trinajstić information content (AvgIpc) is 2.85. The summed E-state index contributed by atoms with van der Waals surface area (Å²) in [5.74, 6) is 0.821. The third kappa shape index (κ3) is 4.07. The zero-order chi connectivity index (χ0) is 14.5. The van der Waals surface area contributed by atoms with E-state index in [0.29, 0.717) is 5.92 Å². The Bertz CT molecular complexity index is 430. The van der Waals surface area contributed by atoms with E-state index in [1.165, 1.54) is 5.56 Å². The molecule has 3 atom stereocenters. The van der Waals surface area contributed by atoms with Gasteiger partial charge >= 0.3 is 0 Å². The minimum Gasteiger partial charge on any atom is -0.349 e. The van der Waals surface area contributed by atoms with Crippen molar-refractivity contribution in [2.24, 2.45) is 17.6 Å². The van der Waals surface area contributed by atoms with Crippen molar-refractivity contribution >= 4 is 5.91 Å². The van der Waals surface area contributed by atoms with Crippen molar-refractivity contribution in [3.63, 3.8) is 0 Å². The van der Waals surface area contributed by atoms with Crippen LogP contribution in [-0.2, 0) is 4.79 Å². The Morgan fingerprint density at radius 1 is 1.30 bits per heavy atom. The summed E-state index contributed by atoms with van der Waals surface area (Å²) in [7, 11) is 0. The van der Waals surface area contributed by atoms with Gasteiger partial charge in [0.2, 0.25) is 5.91 Å². The summed E-state index contributed by atoms with van der Waals surface area (Å²) in [6, 6.07) is 10.6. The van der Waals surface area contributed by atoms with E-state index in [4.69, 9.17) is 5.73 Å². The molecule has 3 unspecified atom stereocenters. The van der Waals surface area contributed by atoms with Crippen LogP contribution in [0.2, 0.25) is 0 Å². The van der Waals surface area contributed by atoms with Crippen LogP contribution in [0, 0.1) is 11.8 Å². The molecule has 0 spiro atoms. The maximum absolute atomic E-state index is 12.4. The standard InChI is InChI=1S/C17H26N2O/c1-12(2)10-16(13-6-4-3-5-7-13)19-17(20)14-8-9-15(18)11-14/h3-7,12,14-16H,8-11,18H2,1-2H3,(H,19,20). The summed E-state index contributed by atoms with van der Waals surface area (Å²) in [4.78, 5) is 12.4. The summed E-state index contributed by atoms with van der Waals surface area (Å²) in [5, 5.41) is 3.23. The van der Waals surface area contributed by atoms with Crippen molar-refractivity contribution in [2.45, 2.75) is 51.6 Å². The molecule has 1 aliphatic rings. The maximum Gasteiger partial charge on any atom is 0.223 e. The highest BCUT2D eigenvalue weighted by atomic mass is 16.1. The summed E-state index contributed by atoms with van der Waals surface area (Å²) >= 11 is 0. The van der Waals surface area contributed by atoms with Crippen LogP contribution in [-0.4, -0.2) is 11.9 Å². The Morgan fingerprint density at radius 3 is 2.55 bits per heavy atom. The summed E-state index contributed by atoms with van der Waals surface area (Å²) in [6.07, 6.45) is 3.69. The molecule has 3 N–H and O–H groups in total. The number of nitrogens with two attached hydrogens (primary N) is 1. The van der Waals surface area contributed by atoms with Gasteiger partial charge in [0, 0.05) is 12.0 Å². The van der Waals surface area contributed by atoms with Crippen LogP contribution >= 0.6 is 0 Å². The molecule has 1 aromatic carbocycles. The molecular weight excluding hydrogens is 248 g/mol. The molecule has 0 heterocycles. The van der Waals surface area contributed by atoms with Gasteiger partial charge in [-0.05, 0) is 37.2 Å². The Morgan fingerprint density at radius 2 is 2.00 bits per heavy atom. The van der Waals surface area contributed by atoms with Crippen LogP contribution in [0.15, 0.2) is 30.3 Å². The van der Waals surface area contributed by atoms with Crippen LogP contribution in [0.4, 0.5) is 0 Å². The number of nitrogens with one attached hydrogen (secondary N) is 1. The number of benzene rings is 1. The SMILES string of the molecule is CC(C)CC(NC(=O)C1CCC(N)C1)c1ccccc1. The van der Waals surface area contributed by atoms with E-state index >= 15 is 0 Å². The van der Waals surface area contributed by atoms with Gasteiger partial charge in [-0.25, -0.2) is 0 Å². The lowest BCUT2D eigenvalue weighted by molar-refractivity contribution is -0.125. The highest BCUT2D eigenvalue weighted by Crippen LogP contribution is 2.27. The van der Waals surface area contributed by atoms with Crippen LogP contribution in [0.5, 0.6) is 0 Å². The molecule has 2 rings (SSSR count). The second kappa shape index (κ2) is 6.89. The van der Waals surface area contributed by atoms with Crippen LogP contribution in [0.1, 0.15) is 51.1 Å². The van der Waals surface area contributed by atoms with Crippen molar-refractivity contribution < 1.29 is 4.79 Å². The number of hydrogen-bond acceptors (Lipinski definition) is 2. The first-order valence-electron chi connectivity index (χ1n) is 7.67. The first-order chi connectivity index (χ1) is 9.56. The van der Waals surface area contributed by atoms with E-state index in [0.717, 1.165) is 25.7 Å². The Kier molecular flexibility index (Phi) is 5.18. The Hall–Kier alpha value is -1.35. The summed E-state index contributed by atoms with van der Waals surface area (Å²) < 4.78 is 0. The third-order valence-electron chi connectivity index (χ3n) is 4.07. The van der Waals surface area contributed by atoms with E-state index < -0.39 is 0 Å². The molecule has 1 aromatic rings. The highest BCUT2D eigenvalue weighted by molar-refractivity contribution is 5.79. The molecule has 0 bridgehead atoms. The van der Waals surface area contributed by atoms with Crippen LogP contribution in [0.25, 0.3) is 0 Å². The van der Waals surface area contributed by atoms with Gasteiger partial charge in [0.25, 0.3) is 0 Å². The minimum atomic E-state index is 0.100. The second-order valence-electron chi connectivity index (χ2n) is 6.37. The monoisotopic (exact) mass is 274 g/mol. The van der Waals surface area contributed by atoms with E-state index in [1.54, 1.807) is 0 Å². The topological polar surface area (TPSA) is 55.1 Å². The van der Waals surface area contributed by atoms with Crippen molar-refractivity contribution in [1.82, 2.24) is 5.32 Å². The van der Waals surface area contributed by atoms with E-state index in [-0.39, 0.29) is 23.9 Å². The summed E-state index contributed by atoms with van der Waals surface area (Å²) in [5.41, 5.74) is 7.10. The van der Waals surface area contributed by atoms with Crippen molar-refractivity contribution in [3.8, 4) is 0 Å². The minimum absolute atomic E-state index is 0.100. The first-order valence-corrected chi connectivity index (χ1v) is 7.67. The second-order valence-corrected chi connectivity index (χ2v) is 6.37. The Labute approximate surface area is 121 Å². The fraction of sp³-hybridized carbons (Fsp3) is 0.588. The van der Waals surface area contributed by atoms with Crippen molar-refractivity contribution in [3.05, 3.63) is 35.9 Å². The molecule has 110 valence electrons. The smallest absolute Gasteiger partial charge is 0.223 e. The van der Waals surface area contributed by atoms with Crippen molar-refractivity contribution in [2.75, 3.05) is 0 Å². The van der Waals surface area contributed by atoms with Gasteiger partial charge in [-0.1, -0.05) is 44.2 Å². The first kappa shape index (κ1) is 15.0. The zero-order valence-electron chi connectivity index (χ0n) is 12.5. The molecule has 1 saturated carbocycles. The predicted molar refractivity (Wildman–Crippen MR) is 82.1 cm³/mol. The highest BCUT2D eigenvalue weighted by Gasteiger charge is 2.29. The lowest BCUT2D eigenvalue weighted by Gasteiger charge is -2.23. The lowest BCUT2D eigenvalue weighted by Crippen LogP contribution is -2.34. The van der Waals surface area contributed by atoms with Gasteiger partial charge < -0.3 is 11.1 Å². The number of carbonyl (C=O) groups excluding carboxylic acids is 1. The maximum atomic E-state index is 12.4. The van der Waals surface area contributed by atoms with Crippen LogP contribution < -0.4 is 11.1 Å². The predicted octanol–water partition coefficient (Wildman–Crippen LogP) is 3.02. The van der Waals surface area contributed by atoms with Gasteiger partial charge in [-0.2, -0.15) is 0 Å². The fourth-order valence-electron chi connectivity index (χ4n) is 2.98. The largest absolute Gasteiger partial charge is 0.349 e. The van der Waals surface area contributed by atoms with Gasteiger partial charge in [0.05, 0.1) is 6.04 Å². The molecular formula is C17H26N2O. The van der Waals surface area contributed by atoms with E-state index in [9.17, 15) is 4.79 Å². The zero-order valence-corrected chi connectivity index (χ0v) is 12.5. The lowest BCUT2D eigenvalue weighted by atomic mass is 9.96. The quantitative estimate of drug-likeness (QED) is 0.867. The van der Waals surface area contributed by atoms with Crippen molar-refractivity contribution in [1.29, 1.82) is 0 Å². The molecule has 3 nitrogen and oxygen atoms in total. The molecule has 0 saturated heterocycles. The average molecular weight is 274 g/mol.